The van der Waals surface area contributed by atoms with Crippen LogP contribution in [0.4, 0.5) is 13.2 Å². The van der Waals surface area contributed by atoms with Crippen molar-refractivity contribution in [1.29, 1.82) is 0 Å². The SMILES string of the molecule is CCOC(=O)C(O)(c1c(CO)n(C)c2ccccc12)C(F)(F)F. The molecule has 0 fully saturated rings. The van der Waals surface area contributed by atoms with Crippen LogP contribution in [0.25, 0.3) is 10.9 Å². The van der Waals surface area contributed by atoms with Crippen LogP contribution in [0.2, 0.25) is 0 Å². The molecule has 1 atom stereocenters. The summed E-state index contributed by atoms with van der Waals surface area (Å²) in [4.78, 5) is 12.0. The number of benzene rings is 1. The first-order chi connectivity index (χ1) is 10.7. The predicted molar refractivity (Wildman–Crippen MR) is 75.4 cm³/mol. The molecule has 2 N–H and O–H groups in total. The lowest BCUT2D eigenvalue weighted by Gasteiger charge is -2.29. The van der Waals surface area contributed by atoms with Crippen LogP contribution in [-0.4, -0.2) is 33.5 Å². The predicted octanol–water partition coefficient (Wildman–Crippen LogP) is 1.98. The van der Waals surface area contributed by atoms with Crippen LogP contribution in [-0.2, 0) is 28.8 Å². The summed E-state index contributed by atoms with van der Waals surface area (Å²) in [5, 5.41) is 19.8. The average molecular weight is 331 g/mol. The first-order valence-electron chi connectivity index (χ1n) is 6.84. The molecular formula is C15H16F3NO4. The first-order valence-corrected chi connectivity index (χ1v) is 6.84. The Labute approximate surface area is 129 Å². The second-order valence-electron chi connectivity index (χ2n) is 4.98. The fourth-order valence-corrected chi connectivity index (χ4v) is 2.63. The van der Waals surface area contributed by atoms with Gasteiger partial charge in [-0.25, -0.2) is 4.79 Å². The van der Waals surface area contributed by atoms with Crippen molar-refractivity contribution < 1.29 is 32.9 Å². The molecule has 0 aliphatic carbocycles. The van der Waals surface area contributed by atoms with E-state index in [4.69, 9.17) is 0 Å². The zero-order valence-electron chi connectivity index (χ0n) is 12.5. The van der Waals surface area contributed by atoms with Crippen LogP contribution < -0.4 is 0 Å². The van der Waals surface area contributed by atoms with Gasteiger partial charge in [0.25, 0.3) is 5.60 Å². The fraction of sp³-hybridized carbons (Fsp3) is 0.400. The molecule has 2 rings (SSSR count). The highest BCUT2D eigenvalue weighted by molar-refractivity contribution is 5.94. The molecule has 23 heavy (non-hydrogen) atoms. The quantitative estimate of drug-likeness (QED) is 0.841. The van der Waals surface area contributed by atoms with Gasteiger partial charge in [0.05, 0.1) is 18.9 Å². The normalized spacial score (nSPS) is 14.7. The molecule has 0 saturated heterocycles. The van der Waals surface area contributed by atoms with Gasteiger partial charge in [-0.15, -0.1) is 0 Å². The summed E-state index contributed by atoms with van der Waals surface area (Å²) >= 11 is 0. The van der Waals surface area contributed by atoms with Crippen molar-refractivity contribution in [3.8, 4) is 0 Å². The topological polar surface area (TPSA) is 71.7 Å². The highest BCUT2D eigenvalue weighted by Crippen LogP contribution is 2.45. The number of hydrogen-bond donors (Lipinski definition) is 2. The molecule has 1 aromatic carbocycles. The fourth-order valence-electron chi connectivity index (χ4n) is 2.63. The molecule has 8 heteroatoms. The van der Waals surface area contributed by atoms with Gasteiger partial charge in [-0.2, -0.15) is 13.2 Å². The van der Waals surface area contributed by atoms with E-state index in [1.165, 1.54) is 36.7 Å². The molecule has 126 valence electrons. The molecule has 0 saturated carbocycles. The maximum absolute atomic E-state index is 13.6. The van der Waals surface area contributed by atoms with E-state index in [0.717, 1.165) is 0 Å². The van der Waals surface area contributed by atoms with Gasteiger partial charge in [-0.1, -0.05) is 18.2 Å². The van der Waals surface area contributed by atoms with Gasteiger partial charge in [0.15, 0.2) is 0 Å². The Morgan fingerprint density at radius 2 is 1.91 bits per heavy atom. The summed E-state index contributed by atoms with van der Waals surface area (Å²) in [5.74, 6) is -1.82. The molecule has 5 nitrogen and oxygen atoms in total. The van der Waals surface area contributed by atoms with Crippen molar-refractivity contribution in [1.82, 2.24) is 4.57 Å². The van der Waals surface area contributed by atoms with Crippen LogP contribution in [0.1, 0.15) is 18.2 Å². The third-order valence-corrected chi connectivity index (χ3v) is 3.72. The molecule has 0 aliphatic heterocycles. The van der Waals surface area contributed by atoms with E-state index in [1.807, 2.05) is 0 Å². The van der Waals surface area contributed by atoms with Gasteiger partial charge in [-0.05, 0) is 13.0 Å². The number of alkyl halides is 3. The van der Waals surface area contributed by atoms with E-state index < -0.39 is 29.9 Å². The van der Waals surface area contributed by atoms with Gasteiger partial charge in [-0.3, -0.25) is 0 Å². The van der Waals surface area contributed by atoms with E-state index in [-0.39, 0.29) is 17.7 Å². The molecule has 1 heterocycles. The lowest BCUT2D eigenvalue weighted by molar-refractivity contribution is -0.267. The maximum Gasteiger partial charge on any atom is 0.432 e. The van der Waals surface area contributed by atoms with Gasteiger partial charge in [0.1, 0.15) is 0 Å². The van der Waals surface area contributed by atoms with Gasteiger partial charge in [0, 0.05) is 23.5 Å². The van der Waals surface area contributed by atoms with Crippen molar-refractivity contribution >= 4 is 16.9 Å². The summed E-state index contributed by atoms with van der Waals surface area (Å²) in [6, 6.07) is 5.96. The van der Waals surface area contributed by atoms with Gasteiger partial charge in [0.2, 0.25) is 0 Å². The number of aliphatic hydroxyl groups is 2. The first kappa shape index (κ1) is 17.3. The van der Waals surface area contributed by atoms with Crippen molar-refractivity contribution in [2.75, 3.05) is 6.61 Å². The second-order valence-corrected chi connectivity index (χ2v) is 4.98. The minimum atomic E-state index is -5.31. The van der Waals surface area contributed by atoms with E-state index in [1.54, 1.807) is 6.07 Å². The second kappa shape index (κ2) is 5.86. The Morgan fingerprint density at radius 3 is 2.43 bits per heavy atom. The monoisotopic (exact) mass is 331 g/mol. The number of para-hydroxylation sites is 1. The minimum Gasteiger partial charge on any atom is -0.463 e. The maximum atomic E-state index is 13.6. The molecule has 0 amide bonds. The van der Waals surface area contributed by atoms with Gasteiger partial charge < -0.3 is 19.5 Å². The Bertz CT molecular complexity index is 738. The number of esters is 1. The van der Waals surface area contributed by atoms with E-state index in [0.29, 0.717) is 5.52 Å². The van der Waals surface area contributed by atoms with Crippen molar-refractivity contribution in [2.45, 2.75) is 25.3 Å². The number of aliphatic hydroxyl groups excluding tert-OH is 1. The highest BCUT2D eigenvalue weighted by Gasteiger charge is 2.64. The molecule has 0 spiro atoms. The van der Waals surface area contributed by atoms with Gasteiger partial charge >= 0.3 is 12.1 Å². The van der Waals surface area contributed by atoms with Crippen LogP contribution in [0, 0.1) is 0 Å². The van der Waals surface area contributed by atoms with E-state index >= 15 is 0 Å². The smallest absolute Gasteiger partial charge is 0.432 e. The number of rotatable bonds is 4. The summed E-state index contributed by atoms with van der Waals surface area (Å²) in [6.45, 7) is 0.236. The summed E-state index contributed by atoms with van der Waals surface area (Å²) in [7, 11) is 1.44. The third-order valence-electron chi connectivity index (χ3n) is 3.72. The lowest BCUT2D eigenvalue weighted by Crippen LogP contribution is -2.50. The Kier molecular flexibility index (Phi) is 4.41. The summed E-state index contributed by atoms with van der Waals surface area (Å²) in [6.07, 6.45) is -5.31. The molecule has 0 radical (unpaired) electrons. The Hall–Kier alpha value is -2.06. The zero-order valence-corrected chi connectivity index (χ0v) is 12.5. The molecule has 0 aliphatic rings. The summed E-state index contributed by atoms with van der Waals surface area (Å²) in [5.41, 5.74) is -4.43. The number of aromatic nitrogens is 1. The van der Waals surface area contributed by atoms with E-state index in [9.17, 15) is 28.2 Å². The number of carbonyl (C=O) groups is 1. The summed E-state index contributed by atoms with van der Waals surface area (Å²) < 4.78 is 46.5. The molecule has 1 aromatic heterocycles. The van der Waals surface area contributed by atoms with Crippen LogP contribution >= 0.6 is 0 Å². The molecular weight excluding hydrogens is 315 g/mol. The van der Waals surface area contributed by atoms with Crippen LogP contribution in [0.15, 0.2) is 24.3 Å². The van der Waals surface area contributed by atoms with Crippen LogP contribution in [0.5, 0.6) is 0 Å². The molecule has 0 bridgehead atoms. The number of ether oxygens (including phenoxy) is 1. The third kappa shape index (κ3) is 2.47. The highest BCUT2D eigenvalue weighted by atomic mass is 19.4. The van der Waals surface area contributed by atoms with E-state index in [2.05, 4.69) is 4.74 Å². The number of hydrogen-bond acceptors (Lipinski definition) is 4. The largest absolute Gasteiger partial charge is 0.463 e. The standard InChI is InChI=1S/C15H16F3NO4/c1-3-23-13(21)14(22,15(16,17)18)12-9-6-4-5-7-10(9)19(2)11(12)8-20/h4-7,20,22H,3,8H2,1-2H3. The Balaban J connectivity index is 2.89. The minimum absolute atomic E-state index is 0.0203. The number of fused-ring (bicyclic) bond motifs is 1. The van der Waals surface area contributed by atoms with Crippen molar-refractivity contribution in [3.63, 3.8) is 0 Å². The van der Waals surface area contributed by atoms with Crippen molar-refractivity contribution in [3.05, 3.63) is 35.5 Å². The lowest BCUT2D eigenvalue weighted by atomic mass is 9.90. The zero-order chi connectivity index (χ0) is 17.4. The molecule has 1 unspecified atom stereocenters. The van der Waals surface area contributed by atoms with Crippen LogP contribution in [0.3, 0.4) is 0 Å². The Morgan fingerprint density at radius 1 is 1.30 bits per heavy atom. The molecule has 2 aromatic rings. The number of aryl methyl sites for hydroxylation is 1. The number of halogens is 3. The number of carbonyl (C=O) groups excluding carboxylic acids is 1. The average Bonchev–Trinajstić information content (AvgIpc) is 2.78. The number of nitrogens with zero attached hydrogens (tertiary/aromatic N) is 1. The van der Waals surface area contributed by atoms with Crippen molar-refractivity contribution in [2.24, 2.45) is 7.05 Å².